The summed E-state index contributed by atoms with van der Waals surface area (Å²) < 4.78 is 10.8. The zero-order valence-corrected chi connectivity index (χ0v) is 15.9. The molecule has 1 aromatic carbocycles. The zero-order chi connectivity index (χ0) is 18.5. The number of esters is 1. The summed E-state index contributed by atoms with van der Waals surface area (Å²) in [6.07, 6.45) is 3.34. The summed E-state index contributed by atoms with van der Waals surface area (Å²) in [5, 5.41) is 4.61. The van der Waals surface area contributed by atoms with Crippen LogP contribution in [-0.2, 0) is 22.4 Å². The average molecular weight is 373 g/mol. The zero-order valence-electron chi connectivity index (χ0n) is 15.0. The molecule has 3 rings (SSSR count). The van der Waals surface area contributed by atoms with Gasteiger partial charge in [-0.05, 0) is 69.4 Å². The number of carbonyl (C=O) groups is 2. The number of aryl methyl sites for hydroxylation is 1. The molecule has 1 aromatic heterocycles. The first-order valence-electron chi connectivity index (χ1n) is 8.92. The van der Waals surface area contributed by atoms with Gasteiger partial charge in [-0.2, -0.15) is 0 Å². The number of thiophene rings is 1. The minimum absolute atomic E-state index is 0.355. The van der Waals surface area contributed by atoms with Gasteiger partial charge < -0.3 is 14.8 Å². The predicted octanol–water partition coefficient (Wildman–Crippen LogP) is 4.21. The first kappa shape index (κ1) is 18.5. The smallest absolute Gasteiger partial charge is 0.340 e. The van der Waals surface area contributed by atoms with Gasteiger partial charge in [-0.3, -0.25) is 4.79 Å². The minimum atomic E-state index is -0.867. The van der Waals surface area contributed by atoms with Gasteiger partial charge in [0.05, 0.1) is 12.2 Å². The minimum Gasteiger partial charge on any atom is -0.494 e. The van der Waals surface area contributed by atoms with Crippen LogP contribution < -0.4 is 10.1 Å². The topological polar surface area (TPSA) is 64.6 Å². The third kappa shape index (κ3) is 4.25. The standard InChI is InChI=1S/C20H23NO4S/c1-3-24-15-10-8-14(9-11-15)21-19(22)13(2)25-20(23)17-12-26-18-7-5-4-6-16(17)18/h8-13H,3-7H2,1-2H3,(H,21,22)/t13-/m1/s1. The van der Waals surface area contributed by atoms with Gasteiger partial charge in [-0.1, -0.05) is 0 Å². The monoisotopic (exact) mass is 373 g/mol. The molecule has 1 atom stereocenters. The van der Waals surface area contributed by atoms with Gasteiger partial charge in [0.2, 0.25) is 0 Å². The third-order valence-corrected chi connectivity index (χ3v) is 5.46. The van der Waals surface area contributed by atoms with Crippen molar-refractivity contribution in [3.8, 4) is 5.75 Å². The van der Waals surface area contributed by atoms with Crippen LogP contribution in [0.1, 0.15) is 47.5 Å². The summed E-state index contributed by atoms with van der Waals surface area (Å²) in [5.74, 6) is -0.0300. The van der Waals surface area contributed by atoms with E-state index in [2.05, 4.69) is 5.32 Å². The van der Waals surface area contributed by atoms with E-state index < -0.39 is 12.1 Å². The Labute approximate surface area is 157 Å². The molecule has 0 saturated carbocycles. The Hall–Kier alpha value is -2.34. The Morgan fingerprint density at radius 2 is 1.92 bits per heavy atom. The van der Waals surface area contributed by atoms with Crippen molar-refractivity contribution in [2.24, 2.45) is 0 Å². The highest BCUT2D eigenvalue weighted by molar-refractivity contribution is 7.10. The van der Waals surface area contributed by atoms with Gasteiger partial charge in [0, 0.05) is 15.9 Å². The normalized spacial score (nSPS) is 14.2. The van der Waals surface area contributed by atoms with E-state index >= 15 is 0 Å². The molecule has 1 aliphatic rings. The number of ether oxygens (including phenoxy) is 2. The van der Waals surface area contributed by atoms with E-state index in [-0.39, 0.29) is 5.91 Å². The first-order chi connectivity index (χ1) is 12.6. The fourth-order valence-corrected chi connectivity index (χ4v) is 4.10. The molecule has 1 amide bonds. The van der Waals surface area contributed by atoms with Crippen LogP contribution >= 0.6 is 11.3 Å². The van der Waals surface area contributed by atoms with Crippen molar-refractivity contribution in [3.05, 3.63) is 45.6 Å². The predicted molar refractivity (Wildman–Crippen MR) is 102 cm³/mol. The molecule has 138 valence electrons. The lowest BCUT2D eigenvalue weighted by molar-refractivity contribution is -0.123. The van der Waals surface area contributed by atoms with Crippen LogP contribution in [0.25, 0.3) is 0 Å². The average Bonchev–Trinajstić information content (AvgIpc) is 3.07. The first-order valence-corrected chi connectivity index (χ1v) is 9.80. The van der Waals surface area contributed by atoms with Crippen molar-refractivity contribution in [2.75, 3.05) is 11.9 Å². The van der Waals surface area contributed by atoms with Crippen LogP contribution in [-0.4, -0.2) is 24.6 Å². The molecule has 1 aliphatic carbocycles. The van der Waals surface area contributed by atoms with Crippen molar-refractivity contribution in [1.29, 1.82) is 0 Å². The Balaban J connectivity index is 1.58. The second-order valence-electron chi connectivity index (χ2n) is 6.25. The van der Waals surface area contributed by atoms with Crippen LogP contribution in [0.5, 0.6) is 5.75 Å². The van der Waals surface area contributed by atoms with E-state index in [1.54, 1.807) is 42.5 Å². The second-order valence-corrected chi connectivity index (χ2v) is 7.22. The van der Waals surface area contributed by atoms with Crippen molar-refractivity contribution in [3.63, 3.8) is 0 Å². The Kier molecular flexibility index (Phi) is 5.93. The lowest BCUT2D eigenvalue weighted by Crippen LogP contribution is -2.30. The summed E-state index contributed by atoms with van der Waals surface area (Å²) in [6.45, 7) is 4.09. The molecular weight excluding hydrogens is 350 g/mol. The summed E-state index contributed by atoms with van der Waals surface area (Å²) in [5.41, 5.74) is 2.35. The number of nitrogens with one attached hydrogen (secondary N) is 1. The van der Waals surface area contributed by atoms with E-state index in [9.17, 15) is 9.59 Å². The lowest BCUT2D eigenvalue weighted by Gasteiger charge is -2.15. The fraction of sp³-hybridized carbons (Fsp3) is 0.400. The number of benzene rings is 1. The highest BCUT2D eigenvalue weighted by atomic mass is 32.1. The van der Waals surface area contributed by atoms with Gasteiger partial charge >= 0.3 is 5.97 Å². The summed E-state index contributed by atoms with van der Waals surface area (Å²) >= 11 is 1.61. The Morgan fingerprint density at radius 1 is 1.19 bits per heavy atom. The van der Waals surface area contributed by atoms with Gasteiger partial charge in [0.15, 0.2) is 6.10 Å². The highest BCUT2D eigenvalue weighted by Crippen LogP contribution is 2.30. The largest absolute Gasteiger partial charge is 0.494 e. The van der Waals surface area contributed by atoms with Crippen LogP contribution in [0.4, 0.5) is 5.69 Å². The van der Waals surface area contributed by atoms with Crippen molar-refractivity contribution < 1.29 is 19.1 Å². The van der Waals surface area contributed by atoms with E-state index in [1.807, 2.05) is 12.3 Å². The SMILES string of the molecule is CCOc1ccc(NC(=O)[C@@H](C)OC(=O)c2csc3c2CCCC3)cc1. The maximum Gasteiger partial charge on any atom is 0.340 e. The molecular formula is C20H23NO4S. The summed E-state index contributed by atoms with van der Waals surface area (Å²) in [4.78, 5) is 26.0. The molecule has 2 aromatic rings. The van der Waals surface area contributed by atoms with E-state index in [4.69, 9.17) is 9.47 Å². The number of fused-ring (bicyclic) bond motifs is 1. The lowest BCUT2D eigenvalue weighted by atomic mass is 9.96. The highest BCUT2D eigenvalue weighted by Gasteiger charge is 2.24. The molecule has 5 nitrogen and oxygen atoms in total. The van der Waals surface area contributed by atoms with Crippen molar-refractivity contribution >= 4 is 28.9 Å². The molecule has 0 aliphatic heterocycles. The van der Waals surface area contributed by atoms with Crippen LogP contribution in [0, 0.1) is 0 Å². The van der Waals surface area contributed by atoms with Crippen molar-refractivity contribution in [1.82, 2.24) is 0 Å². The molecule has 0 bridgehead atoms. The molecule has 1 heterocycles. The van der Waals surface area contributed by atoms with Crippen LogP contribution in [0.2, 0.25) is 0 Å². The summed E-state index contributed by atoms with van der Waals surface area (Å²) in [7, 11) is 0. The van der Waals surface area contributed by atoms with E-state index in [1.165, 1.54) is 11.3 Å². The fourth-order valence-electron chi connectivity index (χ4n) is 2.99. The van der Waals surface area contributed by atoms with Gasteiger partial charge in [0.25, 0.3) is 5.91 Å². The maximum absolute atomic E-state index is 12.4. The molecule has 6 heteroatoms. The third-order valence-electron chi connectivity index (χ3n) is 4.37. The second kappa shape index (κ2) is 8.36. The molecule has 0 spiro atoms. The quantitative estimate of drug-likeness (QED) is 0.771. The number of anilines is 1. The van der Waals surface area contributed by atoms with Crippen LogP contribution in [0.3, 0.4) is 0 Å². The van der Waals surface area contributed by atoms with Gasteiger partial charge in [0.1, 0.15) is 5.75 Å². The summed E-state index contributed by atoms with van der Waals surface area (Å²) in [6, 6.07) is 7.08. The number of hydrogen-bond acceptors (Lipinski definition) is 5. The van der Waals surface area contributed by atoms with E-state index in [0.717, 1.165) is 30.6 Å². The molecule has 0 saturated heterocycles. The molecule has 0 radical (unpaired) electrons. The van der Waals surface area contributed by atoms with Crippen LogP contribution in [0.15, 0.2) is 29.6 Å². The maximum atomic E-state index is 12.4. The number of carbonyl (C=O) groups excluding carboxylic acids is 2. The Morgan fingerprint density at radius 3 is 2.65 bits per heavy atom. The molecule has 0 fully saturated rings. The molecule has 0 unspecified atom stereocenters. The number of amides is 1. The van der Waals surface area contributed by atoms with Crippen molar-refractivity contribution in [2.45, 2.75) is 45.6 Å². The molecule has 26 heavy (non-hydrogen) atoms. The number of hydrogen-bond donors (Lipinski definition) is 1. The van der Waals surface area contributed by atoms with Gasteiger partial charge in [-0.25, -0.2) is 4.79 Å². The van der Waals surface area contributed by atoms with Gasteiger partial charge in [-0.15, -0.1) is 11.3 Å². The molecule has 1 N–H and O–H groups in total. The Bertz CT molecular complexity index is 782. The van der Waals surface area contributed by atoms with E-state index in [0.29, 0.717) is 17.9 Å². The number of rotatable bonds is 6.